The third-order valence-electron chi connectivity index (χ3n) is 4.47. The molecule has 0 saturated heterocycles. The summed E-state index contributed by atoms with van der Waals surface area (Å²) in [5, 5.41) is 9.05. The zero-order chi connectivity index (χ0) is 16.4. The third kappa shape index (κ3) is 3.44. The number of hydrogen-bond donors (Lipinski definition) is 0. The van der Waals surface area contributed by atoms with Crippen molar-refractivity contribution in [3.8, 4) is 0 Å². The first kappa shape index (κ1) is 16.1. The summed E-state index contributed by atoms with van der Waals surface area (Å²) in [6, 6.07) is 0. The number of aryl methyl sites for hydroxylation is 2. The van der Waals surface area contributed by atoms with Crippen LogP contribution in [0.4, 0.5) is 0 Å². The van der Waals surface area contributed by atoms with Crippen LogP contribution in [0.2, 0.25) is 0 Å². The van der Waals surface area contributed by atoms with Gasteiger partial charge in [-0.2, -0.15) is 0 Å². The van der Waals surface area contributed by atoms with E-state index < -0.39 is 0 Å². The molecule has 0 bridgehead atoms. The van der Waals surface area contributed by atoms with Gasteiger partial charge in [0, 0.05) is 13.0 Å². The van der Waals surface area contributed by atoms with Crippen LogP contribution in [0.1, 0.15) is 70.0 Å². The smallest absolute Gasteiger partial charge is 0.350 e. The minimum atomic E-state index is -0.317. The molecular weight excluding hydrogens is 312 g/mol. The first-order chi connectivity index (χ1) is 11.1. The summed E-state index contributed by atoms with van der Waals surface area (Å²) < 4.78 is 7.22. The highest BCUT2D eigenvalue weighted by molar-refractivity contribution is 7.13. The zero-order valence-electron chi connectivity index (χ0n) is 13.8. The molecule has 1 fully saturated rings. The maximum Gasteiger partial charge on any atom is 0.350 e. The van der Waals surface area contributed by atoms with Crippen molar-refractivity contribution in [1.29, 1.82) is 0 Å². The third-order valence-corrected chi connectivity index (χ3v) is 5.77. The SMILES string of the molecule is Cc1nc(C2CCCCC2)sc1C(=O)OCc1nnc(C)n1C. The second-order valence-corrected chi connectivity index (χ2v) is 7.13. The Balaban J connectivity index is 1.67. The number of aromatic nitrogens is 4. The summed E-state index contributed by atoms with van der Waals surface area (Å²) in [5.41, 5.74) is 0.773. The normalized spacial score (nSPS) is 15.8. The number of thiazole rings is 1. The highest BCUT2D eigenvalue weighted by Crippen LogP contribution is 2.36. The van der Waals surface area contributed by atoms with Crippen LogP contribution in [0.5, 0.6) is 0 Å². The van der Waals surface area contributed by atoms with Crippen LogP contribution in [0.3, 0.4) is 0 Å². The molecule has 0 radical (unpaired) electrons. The summed E-state index contributed by atoms with van der Waals surface area (Å²) in [6.07, 6.45) is 6.19. The van der Waals surface area contributed by atoms with Crippen molar-refractivity contribution in [3.63, 3.8) is 0 Å². The van der Waals surface area contributed by atoms with Gasteiger partial charge >= 0.3 is 5.97 Å². The number of esters is 1. The summed E-state index contributed by atoms with van der Waals surface area (Å²) in [7, 11) is 1.86. The van der Waals surface area contributed by atoms with Gasteiger partial charge in [0.05, 0.1) is 10.7 Å². The van der Waals surface area contributed by atoms with E-state index in [4.69, 9.17) is 4.74 Å². The lowest BCUT2D eigenvalue weighted by Gasteiger charge is -2.18. The van der Waals surface area contributed by atoms with Crippen molar-refractivity contribution >= 4 is 17.3 Å². The average molecular weight is 334 g/mol. The van der Waals surface area contributed by atoms with Crippen molar-refractivity contribution in [2.75, 3.05) is 0 Å². The van der Waals surface area contributed by atoms with Gasteiger partial charge in [-0.15, -0.1) is 21.5 Å². The number of nitrogens with zero attached hydrogens (tertiary/aromatic N) is 4. The van der Waals surface area contributed by atoms with Gasteiger partial charge in [0.15, 0.2) is 12.4 Å². The van der Waals surface area contributed by atoms with E-state index in [-0.39, 0.29) is 12.6 Å². The first-order valence-electron chi connectivity index (χ1n) is 8.05. The highest BCUT2D eigenvalue weighted by Gasteiger charge is 2.23. The second-order valence-electron chi connectivity index (χ2n) is 6.10. The van der Waals surface area contributed by atoms with Crippen LogP contribution < -0.4 is 0 Å². The first-order valence-corrected chi connectivity index (χ1v) is 8.87. The molecule has 0 spiro atoms. The fourth-order valence-corrected chi connectivity index (χ4v) is 4.03. The molecule has 0 atom stereocenters. The average Bonchev–Trinajstić information content (AvgIpc) is 3.10. The zero-order valence-corrected chi connectivity index (χ0v) is 14.7. The van der Waals surface area contributed by atoms with Crippen LogP contribution in [-0.4, -0.2) is 25.7 Å². The van der Waals surface area contributed by atoms with Gasteiger partial charge in [0.25, 0.3) is 0 Å². The predicted molar refractivity (Wildman–Crippen MR) is 87.5 cm³/mol. The lowest BCUT2D eigenvalue weighted by molar-refractivity contribution is 0.0463. The molecule has 2 aromatic rings. The van der Waals surface area contributed by atoms with Gasteiger partial charge in [0.1, 0.15) is 10.7 Å². The number of carbonyl (C=O) groups is 1. The molecule has 23 heavy (non-hydrogen) atoms. The highest BCUT2D eigenvalue weighted by atomic mass is 32.1. The lowest BCUT2D eigenvalue weighted by Crippen LogP contribution is -2.08. The predicted octanol–water partition coefficient (Wildman–Crippen LogP) is 3.29. The maximum absolute atomic E-state index is 12.3. The van der Waals surface area contributed by atoms with Crippen LogP contribution in [-0.2, 0) is 18.4 Å². The van der Waals surface area contributed by atoms with Crippen molar-refractivity contribution in [3.05, 3.63) is 27.2 Å². The minimum Gasteiger partial charge on any atom is -0.453 e. The van der Waals surface area contributed by atoms with Crippen LogP contribution in [0, 0.1) is 13.8 Å². The van der Waals surface area contributed by atoms with E-state index in [2.05, 4.69) is 15.2 Å². The van der Waals surface area contributed by atoms with Crippen molar-refractivity contribution < 1.29 is 9.53 Å². The minimum absolute atomic E-state index is 0.131. The van der Waals surface area contributed by atoms with E-state index in [1.807, 2.05) is 25.5 Å². The molecule has 6 nitrogen and oxygen atoms in total. The Morgan fingerprint density at radius 2 is 2.00 bits per heavy atom. The van der Waals surface area contributed by atoms with Gasteiger partial charge < -0.3 is 9.30 Å². The fourth-order valence-electron chi connectivity index (χ4n) is 2.90. The van der Waals surface area contributed by atoms with E-state index in [0.29, 0.717) is 16.6 Å². The van der Waals surface area contributed by atoms with Gasteiger partial charge in [-0.25, -0.2) is 9.78 Å². The molecule has 1 saturated carbocycles. The van der Waals surface area contributed by atoms with Gasteiger partial charge in [0.2, 0.25) is 0 Å². The Kier molecular flexibility index (Phi) is 4.75. The summed E-state index contributed by atoms with van der Waals surface area (Å²) in [5.74, 6) is 1.63. The number of ether oxygens (including phenoxy) is 1. The topological polar surface area (TPSA) is 69.9 Å². The van der Waals surface area contributed by atoms with Crippen molar-refractivity contribution in [1.82, 2.24) is 19.7 Å². The maximum atomic E-state index is 12.3. The molecule has 3 rings (SSSR count). The largest absolute Gasteiger partial charge is 0.453 e. The Hall–Kier alpha value is -1.76. The number of rotatable bonds is 4. The molecule has 1 aliphatic carbocycles. The van der Waals surface area contributed by atoms with E-state index >= 15 is 0 Å². The van der Waals surface area contributed by atoms with E-state index in [1.165, 1.54) is 43.4 Å². The molecule has 0 amide bonds. The Morgan fingerprint density at radius 3 is 2.65 bits per heavy atom. The molecule has 0 aromatic carbocycles. The van der Waals surface area contributed by atoms with E-state index in [0.717, 1.165) is 16.5 Å². The molecule has 1 aliphatic rings. The molecule has 124 valence electrons. The van der Waals surface area contributed by atoms with Gasteiger partial charge in [-0.3, -0.25) is 0 Å². The lowest BCUT2D eigenvalue weighted by atomic mass is 9.90. The van der Waals surface area contributed by atoms with E-state index in [1.54, 1.807) is 0 Å². The number of carbonyl (C=O) groups excluding carboxylic acids is 1. The molecule has 2 aromatic heterocycles. The summed E-state index contributed by atoms with van der Waals surface area (Å²) in [4.78, 5) is 17.6. The molecule has 0 unspecified atom stereocenters. The monoisotopic (exact) mass is 334 g/mol. The van der Waals surface area contributed by atoms with Crippen molar-refractivity contribution in [2.24, 2.45) is 7.05 Å². The Morgan fingerprint density at radius 1 is 1.26 bits per heavy atom. The van der Waals surface area contributed by atoms with Crippen LogP contribution in [0.15, 0.2) is 0 Å². The van der Waals surface area contributed by atoms with E-state index in [9.17, 15) is 4.79 Å². The van der Waals surface area contributed by atoms with Crippen LogP contribution >= 0.6 is 11.3 Å². The second kappa shape index (κ2) is 6.78. The molecular formula is C16H22N4O2S. The quantitative estimate of drug-likeness (QED) is 0.802. The number of hydrogen-bond acceptors (Lipinski definition) is 6. The molecule has 7 heteroatoms. The standard InChI is InChI=1S/C16H22N4O2S/c1-10-14(23-15(17-10)12-7-5-4-6-8-12)16(21)22-9-13-19-18-11(2)20(13)3/h12H,4-9H2,1-3H3. The van der Waals surface area contributed by atoms with Crippen molar-refractivity contribution in [2.45, 2.75) is 58.5 Å². The molecule has 2 heterocycles. The van der Waals surface area contributed by atoms with Gasteiger partial charge in [-0.1, -0.05) is 19.3 Å². The molecule has 0 aliphatic heterocycles. The fraction of sp³-hybridized carbons (Fsp3) is 0.625. The Labute approximate surface area is 139 Å². The van der Waals surface area contributed by atoms with Gasteiger partial charge in [-0.05, 0) is 26.7 Å². The Bertz CT molecular complexity index is 701. The van der Waals surface area contributed by atoms with Crippen LogP contribution in [0.25, 0.3) is 0 Å². The summed E-state index contributed by atoms with van der Waals surface area (Å²) >= 11 is 1.49. The molecule has 0 N–H and O–H groups in total. The summed E-state index contributed by atoms with van der Waals surface area (Å²) in [6.45, 7) is 3.88.